The van der Waals surface area contributed by atoms with Gasteiger partial charge < -0.3 is 9.09 Å². The summed E-state index contributed by atoms with van der Waals surface area (Å²) in [6, 6.07) is 0.501. The molecule has 6 rings (SSSR count). The number of anilines is 1. The minimum atomic E-state index is 0.154. The van der Waals surface area contributed by atoms with Gasteiger partial charge in [0.1, 0.15) is 12.0 Å². The van der Waals surface area contributed by atoms with Crippen LogP contribution in [0.1, 0.15) is 75.0 Å². The van der Waals surface area contributed by atoms with Gasteiger partial charge in [0.05, 0.1) is 12.5 Å². The Morgan fingerprint density at radius 1 is 1.08 bits per heavy atom. The van der Waals surface area contributed by atoms with Gasteiger partial charge in [0.2, 0.25) is 5.84 Å². The van der Waals surface area contributed by atoms with Gasteiger partial charge in [-0.3, -0.25) is 10.3 Å². The lowest BCUT2D eigenvalue weighted by Crippen LogP contribution is -2.53. The smallest absolute Gasteiger partial charge is 0.295 e. The maximum absolute atomic E-state index is 5.63. The summed E-state index contributed by atoms with van der Waals surface area (Å²) in [4.78, 5) is 11.3. The minimum Gasteiger partial charge on any atom is -0.330 e. The summed E-state index contributed by atoms with van der Waals surface area (Å²) in [5.74, 6) is 4.12. The third kappa shape index (κ3) is 2.01. The molecule has 4 aliphatic rings. The Hall–Kier alpha value is -2.38. The van der Waals surface area contributed by atoms with E-state index in [1.807, 2.05) is 12.5 Å². The predicted octanol–water partition coefficient (Wildman–Crippen LogP) is 2.77. The normalized spacial score (nSPS) is 30.5. The molecule has 8 nitrogen and oxygen atoms in total. The third-order valence-corrected chi connectivity index (χ3v) is 6.60. The zero-order valence-electron chi connectivity index (χ0n) is 14.7. The van der Waals surface area contributed by atoms with Crippen LogP contribution in [0.4, 0.5) is 5.82 Å². The van der Waals surface area contributed by atoms with Crippen LogP contribution in [-0.2, 0) is 0 Å². The Morgan fingerprint density at radius 3 is 2.85 bits per heavy atom. The zero-order valence-corrected chi connectivity index (χ0v) is 14.7. The van der Waals surface area contributed by atoms with E-state index in [-0.39, 0.29) is 6.17 Å². The predicted molar refractivity (Wildman–Crippen MR) is 94.7 cm³/mol. The number of hydrogen-bond donors (Lipinski definition) is 1. The Balaban J connectivity index is 1.37. The van der Waals surface area contributed by atoms with Crippen molar-refractivity contribution in [1.82, 2.24) is 25.1 Å². The number of hydrazone groups is 1. The first kappa shape index (κ1) is 14.8. The molecule has 0 saturated heterocycles. The van der Waals surface area contributed by atoms with Crippen molar-refractivity contribution in [3.8, 4) is 0 Å². The number of aromatic nitrogens is 4. The van der Waals surface area contributed by atoms with Crippen LogP contribution in [0.5, 0.6) is 0 Å². The monoisotopic (exact) mass is 353 g/mol. The molecule has 2 aliphatic carbocycles. The van der Waals surface area contributed by atoms with Gasteiger partial charge in [0.25, 0.3) is 5.89 Å². The third-order valence-electron chi connectivity index (χ3n) is 6.60. The van der Waals surface area contributed by atoms with Gasteiger partial charge in [-0.2, -0.15) is 10.1 Å². The van der Waals surface area contributed by atoms with E-state index in [1.54, 1.807) is 0 Å². The molecule has 2 fully saturated rings. The highest BCUT2D eigenvalue weighted by Crippen LogP contribution is 2.45. The molecule has 4 heterocycles. The SMILES string of the molecule is c1ncn2c1N1C(c3nc(C4CCCC4)no3)=NNC1C1CCCCC12. The van der Waals surface area contributed by atoms with E-state index in [9.17, 15) is 0 Å². The molecule has 1 N–H and O–H groups in total. The van der Waals surface area contributed by atoms with Crippen molar-refractivity contribution in [3.63, 3.8) is 0 Å². The summed E-state index contributed by atoms with van der Waals surface area (Å²) in [5, 5.41) is 8.88. The van der Waals surface area contributed by atoms with E-state index in [0.717, 1.165) is 30.3 Å². The molecular formula is C18H23N7O. The maximum Gasteiger partial charge on any atom is 0.295 e. The number of amidine groups is 1. The molecule has 2 aromatic rings. The van der Waals surface area contributed by atoms with Crippen molar-refractivity contribution >= 4 is 11.7 Å². The van der Waals surface area contributed by atoms with Crippen LogP contribution in [0.3, 0.4) is 0 Å². The summed E-state index contributed by atoms with van der Waals surface area (Å²) in [7, 11) is 0. The van der Waals surface area contributed by atoms with Crippen molar-refractivity contribution in [2.24, 2.45) is 11.0 Å². The van der Waals surface area contributed by atoms with Crippen LogP contribution in [0.2, 0.25) is 0 Å². The molecule has 0 amide bonds. The van der Waals surface area contributed by atoms with Crippen molar-refractivity contribution in [2.45, 2.75) is 69.5 Å². The lowest BCUT2D eigenvalue weighted by atomic mass is 9.80. The fraction of sp³-hybridized carbons (Fsp3) is 0.667. The number of imidazole rings is 1. The minimum absolute atomic E-state index is 0.154. The van der Waals surface area contributed by atoms with Crippen LogP contribution >= 0.6 is 0 Å². The molecule has 0 spiro atoms. The molecule has 0 radical (unpaired) electrons. The molecule has 26 heavy (non-hydrogen) atoms. The summed E-state index contributed by atoms with van der Waals surface area (Å²) < 4.78 is 7.95. The second kappa shape index (κ2) is 5.56. The van der Waals surface area contributed by atoms with Gasteiger partial charge in [-0.1, -0.05) is 30.8 Å². The lowest BCUT2D eigenvalue weighted by Gasteiger charge is -2.45. The molecule has 3 unspecified atom stereocenters. The number of fused-ring (bicyclic) bond motifs is 6. The summed E-state index contributed by atoms with van der Waals surface area (Å²) in [6.07, 6.45) is 13.9. The highest BCUT2D eigenvalue weighted by Gasteiger charge is 2.47. The first-order valence-electron chi connectivity index (χ1n) is 9.88. The fourth-order valence-electron chi connectivity index (χ4n) is 5.33. The molecule has 8 heteroatoms. The average Bonchev–Trinajstić information content (AvgIpc) is 3.47. The van der Waals surface area contributed by atoms with Crippen molar-refractivity contribution in [3.05, 3.63) is 24.2 Å². The maximum atomic E-state index is 5.63. The van der Waals surface area contributed by atoms with Crippen LogP contribution in [0.15, 0.2) is 22.1 Å². The van der Waals surface area contributed by atoms with Crippen LogP contribution in [0.25, 0.3) is 0 Å². The molecule has 2 aromatic heterocycles. The highest BCUT2D eigenvalue weighted by molar-refractivity contribution is 6.08. The van der Waals surface area contributed by atoms with Crippen molar-refractivity contribution in [1.29, 1.82) is 0 Å². The standard InChI is InChI=1S/C18H23N7O/c1-2-6-11(5-1)15-20-18(26-23-15)17-22-21-16-12-7-3-4-8-13(12)24-10-19-9-14(24)25(16)17/h9-13,16,21H,1-8H2. The van der Waals surface area contributed by atoms with Crippen LogP contribution in [-0.4, -0.2) is 31.7 Å². The second-order valence-corrected chi connectivity index (χ2v) is 7.99. The van der Waals surface area contributed by atoms with E-state index >= 15 is 0 Å². The van der Waals surface area contributed by atoms with E-state index in [1.165, 1.54) is 38.5 Å². The quantitative estimate of drug-likeness (QED) is 0.894. The summed E-state index contributed by atoms with van der Waals surface area (Å²) in [5.41, 5.74) is 3.36. The number of hydrogen-bond acceptors (Lipinski definition) is 7. The Kier molecular flexibility index (Phi) is 3.15. The Morgan fingerprint density at radius 2 is 1.92 bits per heavy atom. The summed E-state index contributed by atoms with van der Waals surface area (Å²) >= 11 is 0. The first-order chi connectivity index (χ1) is 12.9. The topological polar surface area (TPSA) is 84.4 Å². The van der Waals surface area contributed by atoms with Gasteiger partial charge in [-0.15, -0.1) is 0 Å². The lowest BCUT2D eigenvalue weighted by molar-refractivity contribution is 0.175. The van der Waals surface area contributed by atoms with Crippen molar-refractivity contribution in [2.75, 3.05) is 4.90 Å². The Labute approximate surface area is 151 Å². The fourth-order valence-corrected chi connectivity index (χ4v) is 5.33. The van der Waals surface area contributed by atoms with Gasteiger partial charge >= 0.3 is 0 Å². The second-order valence-electron chi connectivity index (χ2n) is 7.99. The number of nitrogens with one attached hydrogen (secondary N) is 1. The molecular weight excluding hydrogens is 330 g/mol. The van der Waals surface area contributed by atoms with Gasteiger partial charge in [-0.25, -0.2) is 4.98 Å². The van der Waals surface area contributed by atoms with Gasteiger partial charge in [-0.05, 0) is 25.7 Å². The van der Waals surface area contributed by atoms with E-state index < -0.39 is 0 Å². The molecule has 2 aliphatic heterocycles. The van der Waals surface area contributed by atoms with E-state index in [2.05, 4.69) is 30.1 Å². The molecule has 3 atom stereocenters. The van der Waals surface area contributed by atoms with Gasteiger partial charge in [0, 0.05) is 17.9 Å². The van der Waals surface area contributed by atoms with Gasteiger partial charge in [0.15, 0.2) is 5.82 Å². The molecule has 0 bridgehead atoms. The highest BCUT2D eigenvalue weighted by atomic mass is 16.5. The first-order valence-corrected chi connectivity index (χ1v) is 9.88. The van der Waals surface area contributed by atoms with E-state index in [0.29, 0.717) is 23.8 Å². The van der Waals surface area contributed by atoms with Crippen LogP contribution in [0, 0.1) is 5.92 Å². The number of nitrogens with zero attached hydrogens (tertiary/aromatic N) is 6. The Bertz CT molecular complexity index is 849. The van der Waals surface area contributed by atoms with Crippen LogP contribution < -0.4 is 10.3 Å². The van der Waals surface area contributed by atoms with Crippen molar-refractivity contribution < 1.29 is 4.52 Å². The summed E-state index contributed by atoms with van der Waals surface area (Å²) in [6.45, 7) is 0. The average molecular weight is 353 g/mol. The zero-order chi connectivity index (χ0) is 17.1. The molecule has 0 aromatic carbocycles. The van der Waals surface area contributed by atoms with E-state index in [4.69, 9.17) is 9.51 Å². The molecule has 2 saturated carbocycles. The number of rotatable bonds is 2. The molecule has 136 valence electrons. The largest absolute Gasteiger partial charge is 0.330 e.